The first-order valence-electron chi connectivity index (χ1n) is 13.6. The zero-order valence-corrected chi connectivity index (χ0v) is 23.1. The van der Waals surface area contributed by atoms with Crippen LogP contribution in [0.4, 0.5) is 4.39 Å². The number of carbonyl (C=O) groups excluding carboxylic acids is 3. The molecule has 0 heterocycles. The summed E-state index contributed by atoms with van der Waals surface area (Å²) in [6.45, 7) is 9.11. The Morgan fingerprint density at radius 2 is 1.94 bits per heavy atom. The third-order valence-electron chi connectivity index (χ3n) is 10.0. The molecule has 4 aliphatic rings. The van der Waals surface area contributed by atoms with Crippen molar-refractivity contribution >= 4 is 28.6 Å². The number of alkyl halides is 1. The fraction of sp³-hybridized carbons (Fsp3) is 0.759. The van der Waals surface area contributed by atoms with Gasteiger partial charge in [-0.1, -0.05) is 63.4 Å². The quantitative estimate of drug-likeness (QED) is 0.340. The van der Waals surface area contributed by atoms with Crippen molar-refractivity contribution in [2.75, 3.05) is 5.75 Å². The number of rotatable bonds is 7. The molecule has 5 nitrogen and oxygen atoms in total. The lowest BCUT2D eigenvalue weighted by molar-refractivity contribution is -0.224. The SMILES string of the molecule is CCCCCCSC(=O)[C@@]1(OC(C)=O)[C@@H](C)C[C@H]2[C@@H]3CCC4=CC(=O)C=C[C@]4(C)[C@@]3(F)[C@@H](O)C[C@@]21C. The number of aliphatic hydroxyl groups excluding tert-OH is 1. The lowest BCUT2D eigenvalue weighted by Crippen LogP contribution is -2.69. The molecule has 1 N–H and O–H groups in total. The van der Waals surface area contributed by atoms with Gasteiger partial charge in [0.05, 0.1) is 6.10 Å². The van der Waals surface area contributed by atoms with Crippen LogP contribution in [0.1, 0.15) is 86.0 Å². The van der Waals surface area contributed by atoms with Crippen LogP contribution in [-0.4, -0.2) is 45.1 Å². The van der Waals surface area contributed by atoms with Crippen LogP contribution in [0.15, 0.2) is 23.8 Å². The maximum atomic E-state index is 17.4. The molecule has 0 aliphatic heterocycles. The van der Waals surface area contributed by atoms with Gasteiger partial charge in [0.15, 0.2) is 17.1 Å². The fourth-order valence-electron chi connectivity index (χ4n) is 8.25. The van der Waals surface area contributed by atoms with E-state index < -0.39 is 40.1 Å². The van der Waals surface area contributed by atoms with Crippen molar-refractivity contribution in [3.63, 3.8) is 0 Å². The first kappa shape index (κ1) is 27.6. The number of hydrogen-bond acceptors (Lipinski definition) is 6. The van der Waals surface area contributed by atoms with E-state index in [1.165, 1.54) is 30.8 Å². The van der Waals surface area contributed by atoms with Gasteiger partial charge in [-0.15, -0.1) is 0 Å². The van der Waals surface area contributed by atoms with Crippen LogP contribution in [0.5, 0.6) is 0 Å². The first-order valence-corrected chi connectivity index (χ1v) is 14.5. The van der Waals surface area contributed by atoms with Crippen molar-refractivity contribution in [2.24, 2.45) is 28.6 Å². The molecule has 0 aromatic heterocycles. The lowest BCUT2D eigenvalue weighted by Gasteiger charge is -2.62. The van der Waals surface area contributed by atoms with Crippen molar-refractivity contribution in [3.8, 4) is 0 Å². The second-order valence-corrected chi connectivity index (χ2v) is 13.0. The number of fused-ring (bicyclic) bond motifs is 5. The van der Waals surface area contributed by atoms with Crippen molar-refractivity contribution in [1.82, 2.24) is 0 Å². The molecule has 0 amide bonds. The summed E-state index contributed by atoms with van der Waals surface area (Å²) < 4.78 is 23.4. The van der Waals surface area contributed by atoms with Gasteiger partial charge in [-0.2, -0.15) is 0 Å². The highest BCUT2D eigenvalue weighted by Crippen LogP contribution is 2.71. The third-order valence-corrected chi connectivity index (χ3v) is 11.1. The van der Waals surface area contributed by atoms with E-state index in [-0.39, 0.29) is 29.2 Å². The maximum absolute atomic E-state index is 17.4. The Morgan fingerprint density at radius 1 is 1.22 bits per heavy atom. The van der Waals surface area contributed by atoms with E-state index in [1.54, 1.807) is 13.0 Å². The topological polar surface area (TPSA) is 80.7 Å². The van der Waals surface area contributed by atoms with Gasteiger partial charge in [-0.25, -0.2) is 4.39 Å². The van der Waals surface area contributed by atoms with E-state index in [0.717, 1.165) is 31.3 Å². The summed E-state index contributed by atoms with van der Waals surface area (Å²) in [6.07, 6.45) is 9.00. The number of esters is 1. The molecule has 0 spiro atoms. The smallest absolute Gasteiger partial charge is 0.303 e. The Kier molecular flexibility index (Phi) is 7.41. The number of ether oxygens (including phenoxy) is 1. The minimum atomic E-state index is -1.97. The molecule has 0 unspecified atom stereocenters. The van der Waals surface area contributed by atoms with E-state index in [4.69, 9.17) is 4.74 Å². The summed E-state index contributed by atoms with van der Waals surface area (Å²) in [5.41, 5.74) is -4.63. The number of hydrogen-bond donors (Lipinski definition) is 1. The minimum absolute atomic E-state index is 0.0229. The van der Waals surface area contributed by atoms with E-state index >= 15 is 4.39 Å². The van der Waals surface area contributed by atoms with Crippen molar-refractivity contribution in [3.05, 3.63) is 23.8 Å². The van der Waals surface area contributed by atoms with E-state index in [9.17, 15) is 19.5 Å². The molecule has 0 saturated heterocycles. The van der Waals surface area contributed by atoms with Gasteiger partial charge in [0.25, 0.3) is 0 Å². The van der Waals surface area contributed by atoms with Crippen LogP contribution in [0.2, 0.25) is 0 Å². The first-order chi connectivity index (χ1) is 16.9. The summed E-state index contributed by atoms with van der Waals surface area (Å²) in [7, 11) is 0. The summed E-state index contributed by atoms with van der Waals surface area (Å²) in [5, 5.41) is 11.4. The van der Waals surface area contributed by atoms with Crippen LogP contribution in [0, 0.1) is 28.6 Å². The average Bonchev–Trinajstić information content (AvgIpc) is 3.02. The molecule has 0 bridgehead atoms. The Labute approximate surface area is 218 Å². The average molecular weight is 521 g/mol. The zero-order chi connectivity index (χ0) is 26.5. The molecule has 4 rings (SSSR count). The fourth-order valence-corrected chi connectivity index (χ4v) is 9.48. The van der Waals surface area contributed by atoms with E-state index in [0.29, 0.717) is 25.0 Å². The molecular weight excluding hydrogens is 479 g/mol. The largest absolute Gasteiger partial charge is 0.449 e. The van der Waals surface area contributed by atoms with Gasteiger partial charge in [0.2, 0.25) is 5.12 Å². The maximum Gasteiger partial charge on any atom is 0.303 e. The number of ketones is 1. The summed E-state index contributed by atoms with van der Waals surface area (Å²) in [4.78, 5) is 38.4. The molecule has 3 fully saturated rings. The predicted octanol–water partition coefficient (Wildman–Crippen LogP) is 5.75. The van der Waals surface area contributed by atoms with E-state index in [1.807, 2.05) is 13.8 Å². The Bertz CT molecular complexity index is 992. The lowest BCUT2D eigenvalue weighted by atomic mass is 9.45. The van der Waals surface area contributed by atoms with Gasteiger partial charge < -0.3 is 9.84 Å². The predicted molar refractivity (Wildman–Crippen MR) is 139 cm³/mol. The normalized spacial score (nSPS) is 43.3. The zero-order valence-electron chi connectivity index (χ0n) is 22.3. The molecule has 8 atom stereocenters. The molecule has 4 aliphatic carbocycles. The third kappa shape index (κ3) is 3.78. The number of allylic oxidation sites excluding steroid dienone is 4. The molecule has 0 radical (unpaired) electrons. The number of unbranched alkanes of at least 4 members (excludes halogenated alkanes) is 3. The molecule has 0 aromatic rings. The van der Waals surface area contributed by atoms with Crippen LogP contribution < -0.4 is 0 Å². The minimum Gasteiger partial charge on any atom is -0.449 e. The van der Waals surface area contributed by atoms with E-state index in [2.05, 4.69) is 6.92 Å². The highest BCUT2D eigenvalue weighted by molar-refractivity contribution is 8.13. The highest BCUT2D eigenvalue weighted by atomic mass is 32.2. The Hall–Kier alpha value is -1.47. The number of thioether (sulfide) groups is 1. The molecule has 36 heavy (non-hydrogen) atoms. The molecule has 3 saturated carbocycles. The summed E-state index contributed by atoms with van der Waals surface area (Å²) in [5.74, 6) is -1.08. The second-order valence-electron chi connectivity index (χ2n) is 11.9. The number of carbonyl (C=O) groups is 3. The van der Waals surface area contributed by atoms with Crippen LogP contribution in [-0.2, 0) is 19.1 Å². The van der Waals surface area contributed by atoms with Crippen molar-refractivity contribution in [2.45, 2.75) is 103 Å². The second kappa shape index (κ2) is 9.68. The summed E-state index contributed by atoms with van der Waals surface area (Å²) >= 11 is 1.22. The number of halogens is 1. The van der Waals surface area contributed by atoms with Crippen LogP contribution in [0.3, 0.4) is 0 Å². The van der Waals surface area contributed by atoms with Crippen LogP contribution in [0.25, 0.3) is 0 Å². The van der Waals surface area contributed by atoms with Crippen LogP contribution >= 0.6 is 11.8 Å². The molecule has 200 valence electrons. The molecular formula is C29H41FO5S. The van der Waals surface area contributed by atoms with Gasteiger partial charge >= 0.3 is 5.97 Å². The summed E-state index contributed by atoms with van der Waals surface area (Å²) in [6, 6.07) is 0. The van der Waals surface area contributed by atoms with Gasteiger partial charge in [0, 0.05) is 35.3 Å². The highest BCUT2D eigenvalue weighted by Gasteiger charge is 2.77. The van der Waals surface area contributed by atoms with Gasteiger partial charge in [-0.05, 0) is 57.1 Å². The Morgan fingerprint density at radius 3 is 2.61 bits per heavy atom. The van der Waals surface area contributed by atoms with Gasteiger partial charge in [-0.3, -0.25) is 14.4 Å². The van der Waals surface area contributed by atoms with Gasteiger partial charge in [0.1, 0.15) is 0 Å². The molecule has 0 aromatic carbocycles. The standard InChI is InChI=1S/C29H41FO5S/c1-6-7-8-9-14-36-25(34)29(35-19(3)31)18(2)15-23-22-11-10-20-16-21(32)12-13-26(20,4)28(22,30)24(33)17-27(23,29)5/h12-13,16,18,22-24,33H,6-11,14-15,17H2,1-5H3/t18-,22-,23-,24-,26-,27-,28-,29-/m0/s1. The number of aliphatic hydroxyl groups is 1. The monoisotopic (exact) mass is 520 g/mol. The molecule has 7 heteroatoms. The Balaban J connectivity index is 1.72. The van der Waals surface area contributed by atoms with Crippen molar-refractivity contribution < 1.29 is 28.6 Å². The van der Waals surface area contributed by atoms with Crippen molar-refractivity contribution in [1.29, 1.82) is 0 Å².